The Balaban J connectivity index is 2.06. The molecule has 3 N–H and O–H groups in total. The van der Waals surface area contributed by atoms with E-state index in [0.29, 0.717) is 5.92 Å². The Morgan fingerprint density at radius 3 is 2.50 bits per heavy atom. The Morgan fingerprint density at radius 1 is 1.30 bits per heavy atom. The Morgan fingerprint density at radius 2 is 1.95 bits per heavy atom. The number of benzene rings is 1. The Kier molecular flexibility index (Phi) is 5.04. The lowest BCUT2D eigenvalue weighted by molar-refractivity contribution is 0.337. The fourth-order valence-electron chi connectivity index (χ4n) is 2.40. The van der Waals surface area contributed by atoms with Gasteiger partial charge in [0.2, 0.25) is 10.0 Å². The summed E-state index contributed by atoms with van der Waals surface area (Å²) in [5.41, 5.74) is 5.30. The highest BCUT2D eigenvalue weighted by Crippen LogP contribution is 2.27. The highest BCUT2D eigenvalue weighted by atomic mass is 79.9. The molecule has 0 aromatic heterocycles. The van der Waals surface area contributed by atoms with Crippen LogP contribution in [-0.4, -0.2) is 19.8 Å². The number of alkyl halides is 1. The Hall–Kier alpha value is -0.660. The van der Waals surface area contributed by atoms with Crippen LogP contribution < -0.4 is 10.5 Å². The van der Waals surface area contributed by atoms with Crippen LogP contribution in [0, 0.1) is 11.7 Å². The molecule has 0 radical (unpaired) electrons. The van der Waals surface area contributed by atoms with Gasteiger partial charge in [0.1, 0.15) is 5.82 Å². The van der Waals surface area contributed by atoms with E-state index in [-0.39, 0.29) is 16.6 Å². The minimum atomic E-state index is -3.68. The number of rotatable bonds is 4. The van der Waals surface area contributed by atoms with Gasteiger partial charge in [-0.25, -0.2) is 17.5 Å². The molecule has 2 rings (SSSR count). The highest BCUT2D eigenvalue weighted by molar-refractivity contribution is 9.09. The fourth-order valence-corrected chi connectivity index (χ4v) is 4.36. The van der Waals surface area contributed by atoms with E-state index in [1.807, 2.05) is 0 Å². The van der Waals surface area contributed by atoms with Gasteiger partial charge in [0.25, 0.3) is 0 Å². The van der Waals surface area contributed by atoms with Crippen molar-refractivity contribution in [3.63, 3.8) is 0 Å². The zero-order valence-corrected chi connectivity index (χ0v) is 13.4. The van der Waals surface area contributed by atoms with E-state index in [1.54, 1.807) is 0 Å². The third-order valence-corrected chi connectivity index (χ3v) is 6.10. The molecule has 7 heteroatoms. The van der Waals surface area contributed by atoms with Crippen molar-refractivity contribution in [2.75, 3.05) is 11.1 Å². The molecule has 1 saturated carbocycles. The molecule has 1 aromatic carbocycles. The third-order valence-electron chi connectivity index (χ3n) is 3.67. The lowest BCUT2D eigenvalue weighted by Crippen LogP contribution is -2.37. The van der Waals surface area contributed by atoms with Crippen molar-refractivity contribution in [2.24, 2.45) is 5.92 Å². The molecule has 0 saturated heterocycles. The van der Waals surface area contributed by atoms with Crippen molar-refractivity contribution in [1.82, 2.24) is 4.72 Å². The number of nitrogen functional groups attached to an aromatic ring is 1. The summed E-state index contributed by atoms with van der Waals surface area (Å²) in [6, 6.07) is 3.48. The lowest BCUT2D eigenvalue weighted by Gasteiger charge is -2.27. The summed E-state index contributed by atoms with van der Waals surface area (Å²) >= 11 is 3.45. The fraction of sp³-hybridized carbons (Fsp3) is 0.538. The second kappa shape index (κ2) is 6.41. The average molecular weight is 365 g/mol. The molecule has 0 unspecified atom stereocenters. The van der Waals surface area contributed by atoms with Crippen molar-refractivity contribution in [3.8, 4) is 0 Å². The van der Waals surface area contributed by atoms with E-state index in [0.717, 1.165) is 37.1 Å². The van der Waals surface area contributed by atoms with Gasteiger partial charge in [-0.2, -0.15) is 0 Å². The van der Waals surface area contributed by atoms with Gasteiger partial charge in [0.15, 0.2) is 0 Å². The molecule has 0 aliphatic heterocycles. The van der Waals surface area contributed by atoms with Crippen LogP contribution in [0.2, 0.25) is 0 Å². The van der Waals surface area contributed by atoms with E-state index in [9.17, 15) is 12.8 Å². The molecule has 1 fully saturated rings. The van der Waals surface area contributed by atoms with Gasteiger partial charge in [-0.1, -0.05) is 15.9 Å². The van der Waals surface area contributed by atoms with Crippen molar-refractivity contribution < 1.29 is 12.8 Å². The van der Waals surface area contributed by atoms with Crippen LogP contribution in [-0.2, 0) is 10.0 Å². The second-order valence-electron chi connectivity index (χ2n) is 5.18. The molecule has 0 spiro atoms. The van der Waals surface area contributed by atoms with Crippen molar-refractivity contribution in [2.45, 2.75) is 36.6 Å². The quantitative estimate of drug-likeness (QED) is 0.637. The smallest absolute Gasteiger partial charge is 0.240 e. The zero-order chi connectivity index (χ0) is 14.8. The average Bonchev–Trinajstić information content (AvgIpc) is 2.42. The first-order chi connectivity index (χ1) is 9.42. The summed E-state index contributed by atoms with van der Waals surface area (Å²) in [6.07, 6.45) is 3.61. The van der Waals surface area contributed by atoms with Crippen LogP contribution in [0.3, 0.4) is 0 Å². The summed E-state index contributed by atoms with van der Waals surface area (Å²) in [7, 11) is -3.68. The van der Waals surface area contributed by atoms with Gasteiger partial charge < -0.3 is 5.73 Å². The van der Waals surface area contributed by atoms with E-state index >= 15 is 0 Å². The van der Waals surface area contributed by atoms with Crippen molar-refractivity contribution in [1.29, 1.82) is 0 Å². The number of hydrogen-bond acceptors (Lipinski definition) is 3. The molecule has 0 amide bonds. The second-order valence-corrected chi connectivity index (χ2v) is 7.54. The first kappa shape index (κ1) is 15.7. The first-order valence-electron chi connectivity index (χ1n) is 6.55. The first-order valence-corrected chi connectivity index (χ1v) is 9.16. The monoisotopic (exact) mass is 364 g/mol. The summed E-state index contributed by atoms with van der Waals surface area (Å²) in [4.78, 5) is -0.0770. The molecule has 0 bridgehead atoms. The number of halogens is 2. The molecular formula is C13H18BrFN2O2S. The molecule has 4 nitrogen and oxygen atoms in total. The molecule has 20 heavy (non-hydrogen) atoms. The molecule has 1 aliphatic carbocycles. The van der Waals surface area contributed by atoms with Crippen LogP contribution in [0.15, 0.2) is 23.1 Å². The minimum absolute atomic E-state index is 0.0539. The molecule has 0 atom stereocenters. The van der Waals surface area contributed by atoms with Crippen LogP contribution in [0.4, 0.5) is 10.1 Å². The summed E-state index contributed by atoms with van der Waals surface area (Å²) in [5, 5.41) is 0.954. The topological polar surface area (TPSA) is 72.2 Å². The lowest BCUT2D eigenvalue weighted by atomic mass is 9.88. The maximum atomic E-state index is 13.4. The van der Waals surface area contributed by atoms with Crippen LogP contribution >= 0.6 is 15.9 Å². The molecule has 1 aromatic rings. The maximum absolute atomic E-state index is 13.4. The highest BCUT2D eigenvalue weighted by Gasteiger charge is 2.25. The van der Waals surface area contributed by atoms with Gasteiger partial charge in [0, 0.05) is 11.4 Å². The number of hydrogen-bond donors (Lipinski definition) is 2. The number of anilines is 1. The number of sulfonamides is 1. The third kappa shape index (κ3) is 3.71. The Bertz CT molecular complexity index is 572. The van der Waals surface area contributed by atoms with Gasteiger partial charge in [-0.05, 0) is 49.8 Å². The van der Waals surface area contributed by atoms with Gasteiger partial charge >= 0.3 is 0 Å². The van der Waals surface area contributed by atoms with Crippen LogP contribution in [0.1, 0.15) is 25.7 Å². The van der Waals surface area contributed by atoms with E-state index < -0.39 is 15.8 Å². The summed E-state index contributed by atoms with van der Waals surface area (Å²) < 4.78 is 40.4. The van der Waals surface area contributed by atoms with Gasteiger partial charge in [0.05, 0.1) is 10.6 Å². The van der Waals surface area contributed by atoms with Crippen molar-refractivity contribution in [3.05, 3.63) is 24.0 Å². The van der Waals surface area contributed by atoms with E-state index in [2.05, 4.69) is 20.7 Å². The van der Waals surface area contributed by atoms with E-state index in [1.165, 1.54) is 12.1 Å². The summed E-state index contributed by atoms with van der Waals surface area (Å²) in [6.45, 7) is 0. The molecule has 0 heterocycles. The van der Waals surface area contributed by atoms with Crippen LogP contribution in [0.5, 0.6) is 0 Å². The molecule has 112 valence electrons. The van der Waals surface area contributed by atoms with Crippen molar-refractivity contribution >= 4 is 31.6 Å². The Labute approximate surface area is 127 Å². The standard InChI is InChI=1S/C13H18BrFN2O2S/c14-8-9-1-3-10(4-2-9)17-20(18,19)11-5-6-13(16)12(15)7-11/h5-7,9-10,17H,1-4,8,16H2. The van der Waals surface area contributed by atoms with Gasteiger partial charge in [-0.15, -0.1) is 0 Å². The van der Waals surface area contributed by atoms with E-state index in [4.69, 9.17) is 5.73 Å². The zero-order valence-electron chi connectivity index (χ0n) is 11.0. The largest absolute Gasteiger partial charge is 0.396 e. The molecular weight excluding hydrogens is 347 g/mol. The molecule has 1 aliphatic rings. The SMILES string of the molecule is Nc1ccc(S(=O)(=O)NC2CCC(CBr)CC2)cc1F. The van der Waals surface area contributed by atoms with Gasteiger partial charge in [-0.3, -0.25) is 0 Å². The normalized spacial score (nSPS) is 23.7. The maximum Gasteiger partial charge on any atom is 0.240 e. The number of nitrogens with one attached hydrogen (secondary N) is 1. The van der Waals surface area contributed by atoms with Crippen LogP contribution in [0.25, 0.3) is 0 Å². The predicted octanol–water partition coefficient (Wildman–Crippen LogP) is 2.64. The predicted molar refractivity (Wildman–Crippen MR) is 80.7 cm³/mol. The number of nitrogens with two attached hydrogens (primary N) is 1. The minimum Gasteiger partial charge on any atom is -0.396 e. The summed E-state index contributed by atoms with van der Waals surface area (Å²) in [5.74, 6) is -0.0967.